The summed E-state index contributed by atoms with van der Waals surface area (Å²) in [6, 6.07) is 8.06. The number of para-hydroxylation sites is 1. The zero-order valence-electron chi connectivity index (χ0n) is 14.3. The smallest absolute Gasteiger partial charge is 0.226 e. The molecule has 0 aliphatic carbocycles. The minimum atomic E-state index is -0.494. The molecule has 4 atom stereocenters. The summed E-state index contributed by atoms with van der Waals surface area (Å²) in [6.07, 6.45) is 0.0671. The molecule has 2 heterocycles. The fourth-order valence-electron chi connectivity index (χ4n) is 3.30. The van der Waals surface area contributed by atoms with Crippen LogP contribution in [0, 0.1) is 11.8 Å². The topological polar surface area (TPSA) is 51.2 Å². The lowest BCUT2D eigenvalue weighted by Crippen LogP contribution is -2.46. The quantitative estimate of drug-likeness (QED) is 0.932. The summed E-state index contributed by atoms with van der Waals surface area (Å²) in [5.41, 5.74) is 0.487. The molecular formula is C18H24N2O2S. The molecule has 5 heteroatoms. The number of hydrogen-bond acceptors (Lipinski definition) is 4. The van der Waals surface area contributed by atoms with E-state index in [1.165, 1.54) is 0 Å². The summed E-state index contributed by atoms with van der Waals surface area (Å²) in [4.78, 5) is 17.5. The second-order valence-electron chi connectivity index (χ2n) is 7.03. The first-order valence-electron chi connectivity index (χ1n) is 8.13. The SMILES string of the molecule is CC1OC(C)C(C(=O)NC(C)(C)c2nc3ccccc3s2)C1C. The van der Waals surface area contributed by atoms with Gasteiger partial charge in [0.2, 0.25) is 5.91 Å². The van der Waals surface area contributed by atoms with Crippen molar-refractivity contribution in [2.45, 2.75) is 52.4 Å². The van der Waals surface area contributed by atoms with Crippen molar-refractivity contribution in [1.82, 2.24) is 10.3 Å². The number of carbonyl (C=O) groups excluding carboxylic acids is 1. The van der Waals surface area contributed by atoms with Crippen LogP contribution in [0.5, 0.6) is 0 Å². The highest BCUT2D eigenvalue weighted by Gasteiger charge is 2.43. The number of nitrogens with one attached hydrogen (secondary N) is 1. The Bertz CT molecular complexity index is 692. The summed E-state index contributed by atoms with van der Waals surface area (Å²) in [5, 5.41) is 4.12. The molecule has 1 aliphatic rings. The van der Waals surface area contributed by atoms with E-state index >= 15 is 0 Å². The van der Waals surface area contributed by atoms with Gasteiger partial charge in [0.05, 0.1) is 33.9 Å². The van der Waals surface area contributed by atoms with E-state index in [9.17, 15) is 4.79 Å². The van der Waals surface area contributed by atoms with E-state index < -0.39 is 5.54 Å². The van der Waals surface area contributed by atoms with E-state index in [0.717, 1.165) is 15.2 Å². The van der Waals surface area contributed by atoms with Crippen molar-refractivity contribution >= 4 is 27.5 Å². The largest absolute Gasteiger partial charge is 0.374 e. The Morgan fingerprint density at radius 3 is 2.52 bits per heavy atom. The van der Waals surface area contributed by atoms with E-state index in [2.05, 4.69) is 23.3 Å². The van der Waals surface area contributed by atoms with Gasteiger partial charge in [-0.15, -0.1) is 11.3 Å². The highest BCUT2D eigenvalue weighted by atomic mass is 32.1. The number of rotatable bonds is 3. The van der Waals surface area contributed by atoms with Crippen LogP contribution in [0.15, 0.2) is 24.3 Å². The predicted molar refractivity (Wildman–Crippen MR) is 93.5 cm³/mol. The lowest BCUT2D eigenvalue weighted by molar-refractivity contribution is -0.129. The van der Waals surface area contributed by atoms with Crippen LogP contribution in [0.1, 0.15) is 39.6 Å². The van der Waals surface area contributed by atoms with Gasteiger partial charge in [-0.25, -0.2) is 4.98 Å². The molecule has 1 saturated heterocycles. The number of aromatic nitrogens is 1. The average molecular weight is 332 g/mol. The maximum absolute atomic E-state index is 12.8. The van der Waals surface area contributed by atoms with Crippen molar-refractivity contribution in [3.8, 4) is 0 Å². The third kappa shape index (κ3) is 3.00. The van der Waals surface area contributed by atoms with Gasteiger partial charge in [0.15, 0.2) is 0 Å². The van der Waals surface area contributed by atoms with E-state index in [1.807, 2.05) is 45.9 Å². The minimum absolute atomic E-state index is 0.0498. The van der Waals surface area contributed by atoms with Gasteiger partial charge in [-0.2, -0.15) is 0 Å². The molecule has 1 N–H and O–H groups in total. The van der Waals surface area contributed by atoms with Crippen LogP contribution in [0.2, 0.25) is 0 Å². The zero-order chi connectivity index (χ0) is 16.8. The van der Waals surface area contributed by atoms with E-state index in [0.29, 0.717) is 0 Å². The Hall–Kier alpha value is -1.46. The van der Waals surface area contributed by atoms with Crippen molar-refractivity contribution < 1.29 is 9.53 Å². The zero-order valence-corrected chi connectivity index (χ0v) is 15.1. The van der Waals surface area contributed by atoms with Crippen LogP contribution < -0.4 is 5.32 Å². The highest BCUT2D eigenvalue weighted by Crippen LogP contribution is 2.34. The molecule has 0 saturated carbocycles. The Kier molecular flexibility index (Phi) is 4.19. The summed E-state index contributed by atoms with van der Waals surface area (Å²) >= 11 is 1.63. The minimum Gasteiger partial charge on any atom is -0.374 e. The molecule has 1 fully saturated rings. The highest BCUT2D eigenvalue weighted by molar-refractivity contribution is 7.18. The van der Waals surface area contributed by atoms with Gasteiger partial charge in [0, 0.05) is 0 Å². The Morgan fingerprint density at radius 2 is 1.91 bits per heavy atom. The number of benzene rings is 1. The van der Waals surface area contributed by atoms with Crippen molar-refractivity contribution in [3.05, 3.63) is 29.3 Å². The molecule has 1 amide bonds. The van der Waals surface area contributed by atoms with Crippen LogP contribution in [-0.4, -0.2) is 23.1 Å². The standard InChI is InChI=1S/C18H24N2O2S/c1-10-11(2)22-12(3)15(10)16(21)20-18(4,5)17-19-13-8-6-7-9-14(13)23-17/h6-12,15H,1-5H3,(H,20,21). The maximum atomic E-state index is 12.8. The molecule has 4 unspecified atom stereocenters. The average Bonchev–Trinajstić information content (AvgIpc) is 3.00. The van der Waals surface area contributed by atoms with E-state index in [-0.39, 0.29) is 30.0 Å². The molecule has 1 aliphatic heterocycles. The molecular weight excluding hydrogens is 308 g/mol. The number of nitrogens with zero attached hydrogens (tertiary/aromatic N) is 1. The molecule has 1 aromatic carbocycles. The second-order valence-corrected chi connectivity index (χ2v) is 8.06. The van der Waals surface area contributed by atoms with E-state index in [4.69, 9.17) is 4.74 Å². The van der Waals surface area contributed by atoms with Gasteiger partial charge in [-0.1, -0.05) is 19.1 Å². The molecule has 4 nitrogen and oxygen atoms in total. The summed E-state index contributed by atoms with van der Waals surface area (Å²) in [6.45, 7) is 10.1. The van der Waals surface area contributed by atoms with E-state index in [1.54, 1.807) is 11.3 Å². The molecule has 124 valence electrons. The first-order chi connectivity index (χ1) is 10.8. The number of ether oxygens (including phenoxy) is 1. The summed E-state index contributed by atoms with van der Waals surface area (Å²) < 4.78 is 6.94. The normalized spacial score (nSPS) is 28.2. The lowest BCUT2D eigenvalue weighted by atomic mass is 9.88. The predicted octanol–water partition coefficient (Wildman–Crippen LogP) is 3.71. The lowest BCUT2D eigenvalue weighted by Gasteiger charge is -2.27. The summed E-state index contributed by atoms with van der Waals surface area (Å²) in [5.74, 6) is 0.161. The third-order valence-corrected chi connectivity index (χ3v) is 6.17. The number of fused-ring (bicyclic) bond motifs is 1. The van der Waals surface area contributed by atoms with Gasteiger partial charge in [0.1, 0.15) is 5.01 Å². The molecule has 0 bridgehead atoms. The van der Waals surface area contributed by atoms with Crippen LogP contribution >= 0.6 is 11.3 Å². The molecule has 23 heavy (non-hydrogen) atoms. The molecule has 1 aromatic heterocycles. The third-order valence-electron chi connectivity index (χ3n) is 4.81. The van der Waals surface area contributed by atoms with Crippen molar-refractivity contribution in [2.75, 3.05) is 0 Å². The Labute approximate surface area is 141 Å². The van der Waals surface area contributed by atoms with Crippen molar-refractivity contribution in [3.63, 3.8) is 0 Å². The van der Waals surface area contributed by atoms with Crippen molar-refractivity contribution in [1.29, 1.82) is 0 Å². The van der Waals surface area contributed by atoms with Crippen LogP contribution in [0.3, 0.4) is 0 Å². The van der Waals surface area contributed by atoms with Crippen LogP contribution in [-0.2, 0) is 15.1 Å². The van der Waals surface area contributed by atoms with Crippen LogP contribution in [0.4, 0.5) is 0 Å². The van der Waals surface area contributed by atoms with Gasteiger partial charge in [0.25, 0.3) is 0 Å². The number of hydrogen-bond donors (Lipinski definition) is 1. The first kappa shape index (κ1) is 16.4. The molecule has 0 spiro atoms. The van der Waals surface area contributed by atoms with Gasteiger partial charge >= 0.3 is 0 Å². The van der Waals surface area contributed by atoms with Gasteiger partial charge in [-0.3, -0.25) is 4.79 Å². The van der Waals surface area contributed by atoms with Crippen LogP contribution in [0.25, 0.3) is 10.2 Å². The Balaban J connectivity index is 1.81. The molecule has 0 radical (unpaired) electrons. The fraction of sp³-hybridized carbons (Fsp3) is 0.556. The Morgan fingerprint density at radius 1 is 1.22 bits per heavy atom. The number of thiazole rings is 1. The molecule has 2 aromatic rings. The summed E-state index contributed by atoms with van der Waals surface area (Å²) in [7, 11) is 0. The van der Waals surface area contributed by atoms with Gasteiger partial charge < -0.3 is 10.1 Å². The fourth-order valence-corrected chi connectivity index (χ4v) is 4.33. The molecule has 3 rings (SSSR count). The number of amides is 1. The van der Waals surface area contributed by atoms with Crippen molar-refractivity contribution in [2.24, 2.45) is 11.8 Å². The van der Waals surface area contributed by atoms with Gasteiger partial charge in [-0.05, 0) is 45.7 Å². The monoisotopic (exact) mass is 332 g/mol. The maximum Gasteiger partial charge on any atom is 0.226 e. The number of carbonyl (C=O) groups is 1. The second kappa shape index (κ2) is 5.87. The first-order valence-corrected chi connectivity index (χ1v) is 8.95.